The van der Waals surface area contributed by atoms with Gasteiger partial charge in [-0.3, -0.25) is 4.98 Å². The van der Waals surface area contributed by atoms with Gasteiger partial charge in [-0.15, -0.1) is 11.3 Å². The van der Waals surface area contributed by atoms with Crippen LogP contribution < -0.4 is 5.32 Å². The molecule has 0 bridgehead atoms. The molecule has 4 heterocycles. The third-order valence-electron chi connectivity index (χ3n) is 3.73. The fourth-order valence-electron chi connectivity index (χ4n) is 2.49. The van der Waals surface area contributed by atoms with Gasteiger partial charge < -0.3 is 9.88 Å². The van der Waals surface area contributed by atoms with Gasteiger partial charge in [-0.2, -0.15) is 4.98 Å². The zero-order valence-corrected chi connectivity index (χ0v) is 14.4. The van der Waals surface area contributed by atoms with Crippen molar-refractivity contribution in [3.8, 4) is 11.3 Å². The lowest BCUT2D eigenvalue weighted by Gasteiger charge is -2.08. The zero-order valence-electron chi connectivity index (χ0n) is 12.8. The van der Waals surface area contributed by atoms with Gasteiger partial charge >= 0.3 is 0 Å². The molecule has 0 aromatic carbocycles. The molecular weight excluding hydrogens is 342 g/mol. The Kier molecular flexibility index (Phi) is 3.92. The summed E-state index contributed by atoms with van der Waals surface area (Å²) in [4.78, 5) is 13.4. The van der Waals surface area contributed by atoms with Gasteiger partial charge in [0.1, 0.15) is 10.8 Å². The average molecular weight is 355 g/mol. The molecule has 0 amide bonds. The second-order valence-electron chi connectivity index (χ2n) is 5.31. The number of hydrogen-bond acceptors (Lipinski definition) is 5. The summed E-state index contributed by atoms with van der Waals surface area (Å²) in [6.07, 6.45) is 3.57. The summed E-state index contributed by atoms with van der Waals surface area (Å²) in [6, 6.07) is 7.80. The number of anilines is 1. The molecule has 119 valence electrons. The molecule has 0 unspecified atom stereocenters. The van der Waals surface area contributed by atoms with Crippen molar-refractivity contribution in [2.75, 3.05) is 5.32 Å². The maximum atomic E-state index is 6.27. The Hall–Kier alpha value is -2.44. The number of pyridine rings is 1. The minimum atomic E-state index is 0.554. The van der Waals surface area contributed by atoms with Crippen molar-refractivity contribution in [3.05, 3.63) is 58.1 Å². The fourth-order valence-corrected chi connectivity index (χ4v) is 3.25. The van der Waals surface area contributed by atoms with Crippen molar-refractivity contribution >= 4 is 39.9 Å². The Balaban J connectivity index is 1.77. The lowest BCUT2D eigenvalue weighted by Crippen LogP contribution is -2.05. The van der Waals surface area contributed by atoms with Gasteiger partial charge in [-0.1, -0.05) is 17.7 Å². The van der Waals surface area contributed by atoms with E-state index in [1.807, 2.05) is 47.5 Å². The molecule has 4 aromatic heterocycles. The topological polar surface area (TPSA) is 55.6 Å². The Morgan fingerprint density at radius 3 is 3.00 bits per heavy atom. The third kappa shape index (κ3) is 2.74. The largest absolute Gasteiger partial charge is 0.350 e. The van der Waals surface area contributed by atoms with Crippen molar-refractivity contribution < 1.29 is 0 Å². The minimum absolute atomic E-state index is 0.554. The highest BCUT2D eigenvalue weighted by molar-refractivity contribution is 7.07. The van der Waals surface area contributed by atoms with Crippen LogP contribution in [0, 0.1) is 5.38 Å². The van der Waals surface area contributed by atoms with Gasteiger partial charge in [0.05, 0.1) is 11.1 Å². The van der Waals surface area contributed by atoms with Crippen LogP contribution in [0.2, 0.25) is 5.15 Å². The lowest BCUT2D eigenvalue weighted by atomic mass is 10.2. The van der Waals surface area contributed by atoms with E-state index in [2.05, 4.69) is 25.6 Å². The highest BCUT2D eigenvalue weighted by atomic mass is 35.5. The van der Waals surface area contributed by atoms with Crippen molar-refractivity contribution in [3.63, 3.8) is 0 Å². The number of aromatic nitrogens is 4. The van der Waals surface area contributed by atoms with Gasteiger partial charge in [-0.25, -0.2) is 4.98 Å². The number of nitrogens with zero attached hydrogens (tertiary/aromatic N) is 4. The second kappa shape index (κ2) is 6.22. The fraction of sp³-hybridized carbons (Fsp3) is 0.118. The first kappa shape index (κ1) is 15.1. The minimum Gasteiger partial charge on any atom is -0.350 e. The number of nitrogens with one attached hydrogen (secondary N) is 1. The van der Waals surface area contributed by atoms with E-state index in [4.69, 9.17) is 11.6 Å². The molecule has 0 saturated carbocycles. The molecule has 0 spiro atoms. The summed E-state index contributed by atoms with van der Waals surface area (Å²) in [5.74, 6) is 0.554. The van der Waals surface area contributed by atoms with E-state index in [1.165, 1.54) is 11.3 Å². The summed E-state index contributed by atoms with van der Waals surface area (Å²) in [7, 11) is 1.89. The van der Waals surface area contributed by atoms with Crippen LogP contribution in [0.3, 0.4) is 0 Å². The van der Waals surface area contributed by atoms with E-state index in [0.717, 1.165) is 27.9 Å². The number of thiophene rings is 1. The van der Waals surface area contributed by atoms with Crippen molar-refractivity contribution in [2.45, 2.75) is 6.54 Å². The number of halogens is 1. The Morgan fingerprint density at radius 2 is 2.25 bits per heavy atom. The van der Waals surface area contributed by atoms with Crippen LogP contribution in [0.25, 0.3) is 22.3 Å². The third-order valence-corrected chi connectivity index (χ3v) is 4.70. The average Bonchev–Trinajstić information content (AvgIpc) is 3.23. The summed E-state index contributed by atoms with van der Waals surface area (Å²) < 4.78 is 1.85. The van der Waals surface area contributed by atoms with E-state index >= 15 is 0 Å². The maximum absolute atomic E-state index is 6.27. The monoisotopic (exact) mass is 354 g/mol. The van der Waals surface area contributed by atoms with Crippen LogP contribution in [0.4, 0.5) is 5.95 Å². The van der Waals surface area contributed by atoms with Gasteiger partial charge in [0.25, 0.3) is 0 Å². The molecule has 1 N–H and O–H groups in total. The summed E-state index contributed by atoms with van der Waals surface area (Å²) >= 11 is 7.79. The standard InChI is InChI=1S/C17H13ClN5S/c1-23-14(18)7-13-15(12-4-6-24-10-12)21-17(22-16(13)23)20-9-11-3-2-5-19-8-11/h2-8H,9H2,1H3,(H,20,21,22). The lowest BCUT2D eigenvalue weighted by molar-refractivity contribution is 0.941. The number of hydrogen-bond donors (Lipinski definition) is 1. The van der Waals surface area contributed by atoms with Crippen molar-refractivity contribution in [1.29, 1.82) is 0 Å². The van der Waals surface area contributed by atoms with Crippen LogP contribution in [0.1, 0.15) is 5.56 Å². The van der Waals surface area contributed by atoms with E-state index in [9.17, 15) is 0 Å². The molecule has 0 fully saturated rings. The SMILES string of the molecule is Cn1c(Cl)cc2c(-c3[c]scc3)nc(NCc3cccnc3)nc21. The normalized spacial score (nSPS) is 11.1. The van der Waals surface area contributed by atoms with Gasteiger partial charge in [-0.05, 0) is 29.1 Å². The Labute approximate surface area is 148 Å². The van der Waals surface area contributed by atoms with E-state index < -0.39 is 0 Å². The molecule has 4 aromatic rings. The predicted octanol–water partition coefficient (Wildman–Crippen LogP) is 4.16. The first-order chi connectivity index (χ1) is 11.7. The highest BCUT2D eigenvalue weighted by Gasteiger charge is 2.15. The number of fused-ring (bicyclic) bond motifs is 1. The molecule has 0 atom stereocenters. The van der Waals surface area contributed by atoms with Gasteiger partial charge in [0.2, 0.25) is 5.95 Å². The Bertz CT molecular complexity index is 979. The molecule has 7 heteroatoms. The number of aryl methyl sites for hydroxylation is 1. The van der Waals surface area contributed by atoms with Gasteiger partial charge in [0, 0.05) is 36.9 Å². The molecule has 5 nitrogen and oxygen atoms in total. The predicted molar refractivity (Wildman–Crippen MR) is 97.2 cm³/mol. The van der Waals surface area contributed by atoms with Crippen LogP contribution in [0.5, 0.6) is 0 Å². The molecular formula is C17H13ClN5S. The van der Waals surface area contributed by atoms with Crippen LogP contribution in [0.15, 0.2) is 42.0 Å². The van der Waals surface area contributed by atoms with Gasteiger partial charge in [0.15, 0.2) is 0 Å². The van der Waals surface area contributed by atoms with E-state index in [-0.39, 0.29) is 0 Å². The van der Waals surface area contributed by atoms with Crippen LogP contribution in [-0.2, 0) is 13.6 Å². The maximum Gasteiger partial charge on any atom is 0.225 e. The molecule has 1 radical (unpaired) electrons. The molecule has 24 heavy (non-hydrogen) atoms. The Morgan fingerprint density at radius 1 is 1.33 bits per heavy atom. The summed E-state index contributed by atoms with van der Waals surface area (Å²) in [5, 5.41) is 10.0. The van der Waals surface area contributed by atoms with Crippen molar-refractivity contribution in [1.82, 2.24) is 19.5 Å². The van der Waals surface area contributed by atoms with Crippen molar-refractivity contribution in [2.24, 2.45) is 7.05 Å². The molecule has 4 rings (SSSR count). The summed E-state index contributed by atoms with van der Waals surface area (Å²) in [5.41, 5.74) is 3.63. The smallest absolute Gasteiger partial charge is 0.225 e. The second-order valence-corrected chi connectivity index (χ2v) is 6.41. The molecule has 0 aliphatic rings. The molecule has 0 aliphatic carbocycles. The molecule has 0 saturated heterocycles. The molecule has 0 aliphatic heterocycles. The van der Waals surface area contributed by atoms with E-state index in [1.54, 1.807) is 6.20 Å². The first-order valence-electron chi connectivity index (χ1n) is 7.33. The first-order valence-corrected chi connectivity index (χ1v) is 8.59. The quantitative estimate of drug-likeness (QED) is 0.598. The number of rotatable bonds is 4. The van der Waals surface area contributed by atoms with E-state index in [0.29, 0.717) is 17.6 Å². The van der Waals surface area contributed by atoms with Crippen LogP contribution in [-0.4, -0.2) is 19.5 Å². The highest BCUT2D eigenvalue weighted by Crippen LogP contribution is 2.31. The summed E-state index contributed by atoms with van der Waals surface area (Å²) in [6.45, 7) is 0.601. The van der Waals surface area contributed by atoms with Crippen LogP contribution >= 0.6 is 22.9 Å². The zero-order chi connectivity index (χ0) is 16.5.